The topological polar surface area (TPSA) is 51.0 Å². The van der Waals surface area contributed by atoms with Gasteiger partial charge in [-0.25, -0.2) is 4.39 Å². The molecule has 2 rings (SSSR count). The lowest BCUT2D eigenvalue weighted by Gasteiger charge is -2.13. The minimum Gasteiger partial charge on any atom is -0.340 e. The molecule has 1 aromatic carbocycles. The third-order valence-corrected chi connectivity index (χ3v) is 2.84. The molecule has 0 radical (unpaired) electrons. The van der Waals surface area contributed by atoms with E-state index in [-0.39, 0.29) is 11.9 Å². The summed E-state index contributed by atoms with van der Waals surface area (Å²) in [6.07, 6.45) is 1.52. The zero-order valence-corrected chi connectivity index (χ0v) is 11.2. The molecule has 2 aromatic rings. The second-order valence-electron chi connectivity index (χ2n) is 4.67. The van der Waals surface area contributed by atoms with Crippen molar-refractivity contribution in [1.82, 2.24) is 15.5 Å². The average Bonchev–Trinajstić information content (AvgIpc) is 2.75. The van der Waals surface area contributed by atoms with Crippen molar-refractivity contribution in [2.24, 2.45) is 0 Å². The van der Waals surface area contributed by atoms with Crippen LogP contribution in [0, 0.1) is 12.7 Å². The fraction of sp³-hybridized carbons (Fsp3) is 0.429. The molecule has 1 unspecified atom stereocenters. The van der Waals surface area contributed by atoms with Crippen LogP contribution in [0.3, 0.4) is 0 Å². The SMILES string of the molecule is Cc1nc(CCNC(C)Cc2cccc(F)c2)no1. The van der Waals surface area contributed by atoms with Crippen LogP contribution >= 0.6 is 0 Å². The molecule has 1 heterocycles. The first kappa shape index (κ1) is 13.7. The van der Waals surface area contributed by atoms with Crippen LogP contribution in [0.1, 0.15) is 24.2 Å². The smallest absolute Gasteiger partial charge is 0.223 e. The Morgan fingerprint density at radius 3 is 2.95 bits per heavy atom. The molecule has 0 aliphatic carbocycles. The molecule has 1 N–H and O–H groups in total. The van der Waals surface area contributed by atoms with Crippen LogP contribution in [0.4, 0.5) is 4.39 Å². The van der Waals surface area contributed by atoms with E-state index in [0.717, 1.165) is 24.9 Å². The zero-order valence-electron chi connectivity index (χ0n) is 11.2. The van der Waals surface area contributed by atoms with Gasteiger partial charge in [-0.3, -0.25) is 0 Å². The highest BCUT2D eigenvalue weighted by atomic mass is 19.1. The van der Waals surface area contributed by atoms with Gasteiger partial charge in [-0.05, 0) is 31.0 Å². The summed E-state index contributed by atoms with van der Waals surface area (Å²) >= 11 is 0. The fourth-order valence-electron chi connectivity index (χ4n) is 1.96. The number of rotatable bonds is 6. The normalized spacial score (nSPS) is 12.6. The molecule has 1 atom stereocenters. The highest BCUT2D eigenvalue weighted by molar-refractivity contribution is 5.17. The number of aromatic nitrogens is 2. The molecule has 19 heavy (non-hydrogen) atoms. The van der Waals surface area contributed by atoms with Gasteiger partial charge in [-0.2, -0.15) is 4.98 Å². The fourth-order valence-corrected chi connectivity index (χ4v) is 1.96. The number of aryl methyl sites for hydroxylation is 1. The molecule has 102 valence electrons. The maximum Gasteiger partial charge on any atom is 0.223 e. The highest BCUT2D eigenvalue weighted by Gasteiger charge is 2.06. The summed E-state index contributed by atoms with van der Waals surface area (Å²) in [6.45, 7) is 4.62. The first-order chi connectivity index (χ1) is 9.13. The number of hydrogen-bond acceptors (Lipinski definition) is 4. The van der Waals surface area contributed by atoms with Gasteiger partial charge in [0.25, 0.3) is 0 Å². The minimum absolute atomic E-state index is 0.188. The van der Waals surface area contributed by atoms with Crippen LogP contribution in [0.2, 0.25) is 0 Å². The van der Waals surface area contributed by atoms with Crippen molar-refractivity contribution >= 4 is 0 Å². The Balaban J connectivity index is 1.74. The summed E-state index contributed by atoms with van der Waals surface area (Å²) in [4.78, 5) is 4.14. The van der Waals surface area contributed by atoms with Gasteiger partial charge in [0.2, 0.25) is 5.89 Å². The van der Waals surface area contributed by atoms with Gasteiger partial charge in [-0.15, -0.1) is 0 Å². The summed E-state index contributed by atoms with van der Waals surface area (Å²) in [5.74, 6) is 1.11. The first-order valence-corrected chi connectivity index (χ1v) is 6.40. The van der Waals surface area contributed by atoms with E-state index in [9.17, 15) is 4.39 Å². The third kappa shape index (κ3) is 4.44. The maximum absolute atomic E-state index is 13.0. The lowest BCUT2D eigenvalue weighted by molar-refractivity contribution is 0.386. The van der Waals surface area contributed by atoms with Crippen molar-refractivity contribution in [3.05, 3.63) is 47.4 Å². The molecule has 0 amide bonds. The molecular weight excluding hydrogens is 245 g/mol. The van der Waals surface area contributed by atoms with Gasteiger partial charge >= 0.3 is 0 Å². The average molecular weight is 263 g/mol. The van der Waals surface area contributed by atoms with Crippen molar-refractivity contribution in [2.75, 3.05) is 6.54 Å². The van der Waals surface area contributed by atoms with Crippen molar-refractivity contribution in [3.63, 3.8) is 0 Å². The number of nitrogens with one attached hydrogen (secondary N) is 1. The Labute approximate surface area is 112 Å². The van der Waals surface area contributed by atoms with Gasteiger partial charge in [0.15, 0.2) is 5.82 Å². The Morgan fingerprint density at radius 1 is 1.42 bits per heavy atom. The highest BCUT2D eigenvalue weighted by Crippen LogP contribution is 2.06. The largest absolute Gasteiger partial charge is 0.340 e. The van der Waals surface area contributed by atoms with Crippen molar-refractivity contribution in [3.8, 4) is 0 Å². The predicted octanol–water partition coefficient (Wildman–Crippen LogP) is 2.28. The second-order valence-corrected chi connectivity index (χ2v) is 4.67. The molecule has 0 aliphatic rings. The minimum atomic E-state index is -0.188. The van der Waals surface area contributed by atoms with E-state index in [1.807, 2.05) is 6.07 Å². The van der Waals surface area contributed by atoms with Crippen molar-refractivity contribution in [1.29, 1.82) is 0 Å². The predicted molar refractivity (Wildman–Crippen MR) is 70.3 cm³/mol. The lowest BCUT2D eigenvalue weighted by atomic mass is 10.1. The maximum atomic E-state index is 13.0. The monoisotopic (exact) mass is 263 g/mol. The standard InChI is InChI=1S/C14H18FN3O/c1-10(8-12-4-3-5-13(15)9-12)16-7-6-14-17-11(2)19-18-14/h3-5,9-10,16H,6-8H2,1-2H3. The quantitative estimate of drug-likeness (QED) is 0.868. The number of hydrogen-bond donors (Lipinski definition) is 1. The van der Waals surface area contributed by atoms with Crippen molar-refractivity contribution < 1.29 is 8.91 Å². The number of halogens is 1. The second kappa shape index (κ2) is 6.43. The summed E-state index contributed by atoms with van der Waals surface area (Å²) in [7, 11) is 0. The van der Waals surface area contributed by atoms with Crippen LogP contribution < -0.4 is 5.32 Å². The summed E-state index contributed by atoms with van der Waals surface area (Å²) in [6, 6.07) is 6.97. The van der Waals surface area contributed by atoms with Crippen LogP contribution in [-0.4, -0.2) is 22.7 Å². The molecule has 0 fully saturated rings. The number of nitrogens with zero attached hydrogens (tertiary/aromatic N) is 2. The van der Waals surface area contributed by atoms with E-state index in [4.69, 9.17) is 4.52 Å². The Morgan fingerprint density at radius 2 is 2.26 bits per heavy atom. The van der Waals surface area contributed by atoms with Gasteiger partial charge in [0.1, 0.15) is 5.82 Å². The molecule has 0 aliphatic heterocycles. The van der Waals surface area contributed by atoms with Gasteiger partial charge < -0.3 is 9.84 Å². The summed E-state index contributed by atoms with van der Waals surface area (Å²) < 4.78 is 17.9. The van der Waals surface area contributed by atoms with E-state index in [1.54, 1.807) is 19.1 Å². The molecule has 0 bridgehead atoms. The van der Waals surface area contributed by atoms with E-state index in [2.05, 4.69) is 22.4 Å². The Bertz CT molecular complexity index is 527. The number of benzene rings is 1. The molecule has 4 nitrogen and oxygen atoms in total. The van der Waals surface area contributed by atoms with Gasteiger partial charge in [0, 0.05) is 25.9 Å². The van der Waals surface area contributed by atoms with E-state index < -0.39 is 0 Å². The summed E-state index contributed by atoms with van der Waals surface area (Å²) in [5.41, 5.74) is 0.996. The summed E-state index contributed by atoms with van der Waals surface area (Å²) in [5, 5.41) is 7.20. The van der Waals surface area contributed by atoms with Crippen molar-refractivity contribution in [2.45, 2.75) is 32.7 Å². The van der Waals surface area contributed by atoms with Crippen LogP contribution in [0.15, 0.2) is 28.8 Å². The molecule has 0 spiro atoms. The Hall–Kier alpha value is -1.75. The zero-order chi connectivity index (χ0) is 13.7. The molecule has 0 saturated heterocycles. The van der Waals surface area contributed by atoms with E-state index >= 15 is 0 Å². The molecule has 5 heteroatoms. The van der Waals surface area contributed by atoms with Crippen LogP contribution in [-0.2, 0) is 12.8 Å². The van der Waals surface area contributed by atoms with E-state index in [1.165, 1.54) is 6.07 Å². The third-order valence-electron chi connectivity index (χ3n) is 2.84. The molecular formula is C14H18FN3O. The van der Waals surface area contributed by atoms with Crippen LogP contribution in [0.5, 0.6) is 0 Å². The molecule has 0 saturated carbocycles. The lowest BCUT2D eigenvalue weighted by Crippen LogP contribution is -2.30. The molecule has 1 aromatic heterocycles. The van der Waals surface area contributed by atoms with Crippen LogP contribution in [0.25, 0.3) is 0 Å². The van der Waals surface area contributed by atoms with E-state index in [0.29, 0.717) is 11.7 Å². The van der Waals surface area contributed by atoms with Gasteiger partial charge in [-0.1, -0.05) is 17.3 Å². The first-order valence-electron chi connectivity index (χ1n) is 6.40. The van der Waals surface area contributed by atoms with Gasteiger partial charge in [0.05, 0.1) is 0 Å². The Kier molecular flexibility index (Phi) is 4.63.